The predicted octanol–water partition coefficient (Wildman–Crippen LogP) is 4.97. The van der Waals surface area contributed by atoms with Gasteiger partial charge in [0.2, 0.25) is 0 Å². The fourth-order valence-electron chi connectivity index (χ4n) is 1.44. The molecular weight excluding hydrogens is 224 g/mol. The monoisotopic (exact) mass is 248 g/mol. The number of rotatable bonds is 1. The van der Waals surface area contributed by atoms with Crippen LogP contribution in [0.2, 0.25) is 0 Å². The lowest BCUT2D eigenvalue weighted by Crippen LogP contribution is -1.95. The Morgan fingerprint density at radius 3 is 2.06 bits per heavy atom. The summed E-state index contributed by atoms with van der Waals surface area (Å²) in [6.07, 6.45) is 0. The van der Waals surface area contributed by atoms with Gasteiger partial charge in [-0.05, 0) is 23.6 Å². The van der Waals surface area contributed by atoms with Gasteiger partial charge in [0, 0.05) is 11.5 Å². The van der Waals surface area contributed by atoms with Crippen LogP contribution < -0.4 is 5.63 Å². The summed E-state index contributed by atoms with van der Waals surface area (Å²) in [5, 5.41) is 0.967. The molecule has 1 aromatic carbocycles. The summed E-state index contributed by atoms with van der Waals surface area (Å²) < 4.78 is 5.10. The van der Waals surface area contributed by atoms with Gasteiger partial charge in [-0.15, -0.1) is 0 Å². The van der Waals surface area contributed by atoms with Crippen LogP contribution in [0.1, 0.15) is 53.0 Å². The third kappa shape index (κ3) is 4.36. The lowest BCUT2D eigenvalue weighted by molar-refractivity contribution is 0.560. The Labute approximate surface area is 110 Å². The molecule has 0 amide bonds. The van der Waals surface area contributed by atoms with Crippen molar-refractivity contribution in [2.75, 3.05) is 0 Å². The summed E-state index contributed by atoms with van der Waals surface area (Å²) in [4.78, 5) is 11.0. The molecule has 2 nitrogen and oxygen atoms in total. The molecule has 0 radical (unpaired) electrons. The SMILES string of the molecule is CC.CC.CC(C)c1ccc2ccc(=O)oc2c1. The standard InChI is InChI=1S/C12H12O2.2C2H6/c1-8(2)10-4-3-9-5-6-12(13)14-11(9)7-10;2*1-2/h3-8H,1-2H3;2*1-2H3. The molecule has 18 heavy (non-hydrogen) atoms. The summed E-state index contributed by atoms with van der Waals surface area (Å²) in [5.74, 6) is 0.449. The van der Waals surface area contributed by atoms with Gasteiger partial charge in [0.15, 0.2) is 0 Å². The van der Waals surface area contributed by atoms with E-state index in [2.05, 4.69) is 19.9 Å². The van der Waals surface area contributed by atoms with Crippen molar-refractivity contribution in [2.45, 2.75) is 47.5 Å². The maximum Gasteiger partial charge on any atom is 0.336 e. The van der Waals surface area contributed by atoms with Crippen LogP contribution in [0.15, 0.2) is 39.5 Å². The molecule has 0 aliphatic carbocycles. The summed E-state index contributed by atoms with van der Waals surface area (Å²) >= 11 is 0. The van der Waals surface area contributed by atoms with Gasteiger partial charge < -0.3 is 4.42 Å². The van der Waals surface area contributed by atoms with Crippen molar-refractivity contribution in [3.8, 4) is 0 Å². The van der Waals surface area contributed by atoms with Crippen LogP contribution in [0, 0.1) is 0 Å². The van der Waals surface area contributed by atoms with Crippen LogP contribution in [0.5, 0.6) is 0 Å². The van der Waals surface area contributed by atoms with Crippen LogP contribution in [-0.2, 0) is 0 Å². The fraction of sp³-hybridized carbons (Fsp3) is 0.438. The summed E-state index contributed by atoms with van der Waals surface area (Å²) in [6.45, 7) is 12.2. The number of fused-ring (bicyclic) bond motifs is 1. The highest BCUT2D eigenvalue weighted by Crippen LogP contribution is 2.19. The topological polar surface area (TPSA) is 30.2 Å². The van der Waals surface area contributed by atoms with Crippen LogP contribution in [0.25, 0.3) is 11.0 Å². The van der Waals surface area contributed by atoms with Crippen molar-refractivity contribution >= 4 is 11.0 Å². The zero-order valence-electron chi connectivity index (χ0n) is 12.3. The molecule has 0 unspecified atom stereocenters. The largest absolute Gasteiger partial charge is 0.423 e. The van der Waals surface area contributed by atoms with E-state index in [1.165, 1.54) is 11.6 Å². The quantitative estimate of drug-likeness (QED) is 0.667. The molecule has 2 heteroatoms. The molecular formula is C16H24O2. The summed E-state index contributed by atoms with van der Waals surface area (Å²) in [5.41, 5.74) is 1.56. The van der Waals surface area contributed by atoms with Crippen molar-refractivity contribution in [3.05, 3.63) is 46.3 Å². The number of hydrogen-bond donors (Lipinski definition) is 0. The van der Waals surface area contributed by atoms with E-state index in [-0.39, 0.29) is 5.63 Å². The van der Waals surface area contributed by atoms with Gasteiger partial charge in [0.1, 0.15) is 5.58 Å². The molecule has 2 aromatic rings. The van der Waals surface area contributed by atoms with Gasteiger partial charge >= 0.3 is 5.63 Å². The van der Waals surface area contributed by atoms with Crippen molar-refractivity contribution in [1.82, 2.24) is 0 Å². The number of hydrogen-bond acceptors (Lipinski definition) is 2. The third-order valence-electron chi connectivity index (χ3n) is 2.31. The normalized spacial score (nSPS) is 9.28. The Kier molecular flexibility index (Phi) is 7.77. The lowest BCUT2D eigenvalue weighted by atomic mass is 10.0. The lowest BCUT2D eigenvalue weighted by Gasteiger charge is -2.05. The van der Waals surface area contributed by atoms with Crippen LogP contribution in [0.4, 0.5) is 0 Å². The fourth-order valence-corrected chi connectivity index (χ4v) is 1.44. The second-order valence-electron chi connectivity index (χ2n) is 3.71. The van der Waals surface area contributed by atoms with E-state index in [1.54, 1.807) is 6.07 Å². The van der Waals surface area contributed by atoms with Crippen LogP contribution in [-0.4, -0.2) is 0 Å². The molecule has 1 heterocycles. The summed E-state index contributed by atoms with van der Waals surface area (Å²) in [7, 11) is 0. The van der Waals surface area contributed by atoms with Crippen molar-refractivity contribution in [2.24, 2.45) is 0 Å². The van der Waals surface area contributed by atoms with Crippen molar-refractivity contribution in [3.63, 3.8) is 0 Å². The average Bonchev–Trinajstić information content (AvgIpc) is 2.42. The van der Waals surface area contributed by atoms with Crippen LogP contribution in [0.3, 0.4) is 0 Å². The molecule has 100 valence electrons. The Hall–Kier alpha value is -1.57. The van der Waals surface area contributed by atoms with E-state index in [4.69, 9.17) is 4.42 Å². The Morgan fingerprint density at radius 1 is 0.944 bits per heavy atom. The first-order valence-electron chi connectivity index (χ1n) is 6.70. The molecule has 2 rings (SSSR count). The molecule has 0 fully saturated rings. The Bertz CT molecular complexity index is 510. The minimum atomic E-state index is -0.293. The maximum absolute atomic E-state index is 11.0. The van der Waals surface area contributed by atoms with E-state index >= 15 is 0 Å². The molecule has 0 spiro atoms. The first kappa shape index (κ1) is 16.4. The van der Waals surface area contributed by atoms with E-state index in [0.717, 1.165) is 5.39 Å². The van der Waals surface area contributed by atoms with Gasteiger partial charge in [-0.3, -0.25) is 0 Å². The van der Waals surface area contributed by atoms with Gasteiger partial charge in [0.05, 0.1) is 0 Å². The van der Waals surface area contributed by atoms with E-state index in [1.807, 2.05) is 39.8 Å². The highest BCUT2D eigenvalue weighted by molar-refractivity contribution is 5.76. The zero-order chi connectivity index (χ0) is 14.1. The first-order chi connectivity index (χ1) is 8.66. The smallest absolute Gasteiger partial charge is 0.336 e. The molecule has 0 atom stereocenters. The van der Waals surface area contributed by atoms with Gasteiger partial charge in [-0.25, -0.2) is 4.79 Å². The molecule has 0 saturated carbocycles. The minimum absolute atomic E-state index is 0.293. The maximum atomic E-state index is 11.0. The van der Waals surface area contributed by atoms with Crippen molar-refractivity contribution < 1.29 is 4.42 Å². The van der Waals surface area contributed by atoms with E-state index in [9.17, 15) is 4.79 Å². The van der Waals surface area contributed by atoms with Gasteiger partial charge in [-0.2, -0.15) is 0 Å². The number of benzene rings is 1. The Morgan fingerprint density at radius 2 is 1.50 bits per heavy atom. The highest BCUT2D eigenvalue weighted by Gasteiger charge is 2.02. The van der Waals surface area contributed by atoms with Crippen molar-refractivity contribution in [1.29, 1.82) is 0 Å². The van der Waals surface area contributed by atoms with Gasteiger partial charge in [0.25, 0.3) is 0 Å². The minimum Gasteiger partial charge on any atom is -0.423 e. The van der Waals surface area contributed by atoms with Gasteiger partial charge in [-0.1, -0.05) is 53.7 Å². The molecule has 0 aliphatic heterocycles. The van der Waals surface area contributed by atoms with Crippen LogP contribution >= 0.6 is 0 Å². The zero-order valence-corrected chi connectivity index (χ0v) is 12.3. The third-order valence-corrected chi connectivity index (χ3v) is 2.31. The molecule has 1 aromatic heterocycles. The molecule has 0 saturated heterocycles. The summed E-state index contributed by atoms with van der Waals surface area (Å²) in [6, 6.07) is 9.20. The molecule has 0 bridgehead atoms. The first-order valence-corrected chi connectivity index (χ1v) is 6.70. The average molecular weight is 248 g/mol. The second-order valence-corrected chi connectivity index (χ2v) is 3.71. The van der Waals surface area contributed by atoms with E-state index in [0.29, 0.717) is 11.5 Å². The van der Waals surface area contributed by atoms with E-state index < -0.39 is 0 Å². The predicted molar refractivity (Wildman–Crippen MR) is 79.3 cm³/mol. The molecule has 0 aliphatic rings. The Balaban J connectivity index is 0.000000659. The second kappa shape index (κ2) is 8.51. The molecule has 0 N–H and O–H groups in total. The highest BCUT2D eigenvalue weighted by atomic mass is 16.4.